The van der Waals surface area contributed by atoms with Gasteiger partial charge in [-0.2, -0.15) is 0 Å². The molecule has 5 atom stereocenters. The molecule has 0 heterocycles. The minimum atomic E-state index is -0.299. The fourth-order valence-electron chi connectivity index (χ4n) is 4.79. The van der Waals surface area contributed by atoms with Gasteiger partial charge in [0.15, 0.2) is 0 Å². The Kier molecular flexibility index (Phi) is 9.47. The second kappa shape index (κ2) is 11.3. The summed E-state index contributed by atoms with van der Waals surface area (Å²) in [5.74, 6) is 0.956. The van der Waals surface area contributed by atoms with Gasteiger partial charge in [0.25, 0.3) is 0 Å². The largest absolute Gasteiger partial charge is 0.393 e. The normalized spacial score (nSPS) is 29.5. The maximum Gasteiger partial charge on any atom is 0.136 e. The molecule has 2 aliphatic rings. The molecule has 3 heteroatoms. The minimum absolute atomic E-state index is 0.138. The zero-order valence-electron chi connectivity index (χ0n) is 16.3. The van der Waals surface area contributed by atoms with Crippen LogP contribution < -0.4 is 0 Å². The van der Waals surface area contributed by atoms with E-state index in [-0.39, 0.29) is 30.0 Å². The van der Waals surface area contributed by atoms with E-state index in [0.717, 1.165) is 32.1 Å². The lowest BCUT2D eigenvalue weighted by Crippen LogP contribution is -2.38. The smallest absolute Gasteiger partial charge is 0.136 e. The molecular formula is C22H40O3. The van der Waals surface area contributed by atoms with E-state index in [1.807, 2.05) is 0 Å². The zero-order chi connectivity index (χ0) is 18.1. The van der Waals surface area contributed by atoms with Crippen molar-refractivity contribution in [2.45, 2.75) is 115 Å². The second-order valence-corrected chi connectivity index (χ2v) is 8.63. The molecule has 25 heavy (non-hydrogen) atoms. The van der Waals surface area contributed by atoms with Crippen LogP contribution in [-0.2, 0) is 4.79 Å². The number of rotatable bonds is 14. The Morgan fingerprint density at radius 3 is 2.12 bits per heavy atom. The molecule has 0 amide bonds. The Bertz CT molecular complexity index is 381. The van der Waals surface area contributed by atoms with E-state index < -0.39 is 0 Å². The fourth-order valence-corrected chi connectivity index (χ4v) is 4.79. The van der Waals surface area contributed by atoms with Crippen LogP contribution in [-0.4, -0.2) is 28.2 Å². The highest BCUT2D eigenvalue weighted by Crippen LogP contribution is 2.48. The van der Waals surface area contributed by atoms with E-state index in [9.17, 15) is 15.0 Å². The summed E-state index contributed by atoms with van der Waals surface area (Å²) in [7, 11) is 0. The van der Waals surface area contributed by atoms with Gasteiger partial charge in [0.2, 0.25) is 0 Å². The summed E-state index contributed by atoms with van der Waals surface area (Å²) < 4.78 is 0. The van der Waals surface area contributed by atoms with Gasteiger partial charge in [-0.15, -0.1) is 0 Å². The summed E-state index contributed by atoms with van der Waals surface area (Å²) in [4.78, 5) is 11.5. The lowest BCUT2D eigenvalue weighted by molar-refractivity contribution is -0.135. The van der Waals surface area contributed by atoms with Gasteiger partial charge in [0.05, 0.1) is 12.2 Å². The second-order valence-electron chi connectivity index (χ2n) is 8.63. The first kappa shape index (κ1) is 20.9. The lowest BCUT2D eigenvalue weighted by Gasteiger charge is -2.30. The van der Waals surface area contributed by atoms with Crippen LogP contribution in [0.2, 0.25) is 0 Å². The minimum Gasteiger partial charge on any atom is -0.393 e. The molecule has 0 radical (unpaired) electrons. The lowest BCUT2D eigenvalue weighted by atomic mass is 9.74. The highest BCUT2D eigenvalue weighted by atomic mass is 16.3. The van der Waals surface area contributed by atoms with Crippen LogP contribution in [0.4, 0.5) is 0 Å². The van der Waals surface area contributed by atoms with Crippen LogP contribution >= 0.6 is 0 Å². The van der Waals surface area contributed by atoms with Gasteiger partial charge in [-0.05, 0) is 31.6 Å². The summed E-state index contributed by atoms with van der Waals surface area (Å²) in [5.41, 5.74) is 0. The van der Waals surface area contributed by atoms with Crippen LogP contribution in [0.1, 0.15) is 103 Å². The molecule has 0 spiro atoms. The Labute approximate surface area is 154 Å². The molecular weight excluding hydrogens is 312 g/mol. The maximum atomic E-state index is 11.5. The number of fused-ring (bicyclic) bond motifs is 1. The van der Waals surface area contributed by atoms with Crippen molar-refractivity contribution in [1.29, 1.82) is 0 Å². The van der Waals surface area contributed by atoms with E-state index in [2.05, 4.69) is 6.92 Å². The zero-order valence-corrected chi connectivity index (χ0v) is 16.3. The van der Waals surface area contributed by atoms with E-state index in [0.29, 0.717) is 12.2 Å². The first-order chi connectivity index (χ1) is 12.1. The average molecular weight is 353 g/mol. The Hall–Kier alpha value is -0.410. The van der Waals surface area contributed by atoms with E-state index in [1.54, 1.807) is 0 Å². The molecule has 0 aromatic heterocycles. The van der Waals surface area contributed by atoms with Gasteiger partial charge in [-0.3, -0.25) is 4.79 Å². The first-order valence-electron chi connectivity index (χ1n) is 11.0. The number of Topliss-reactive ketones (excluding diaryl/α,β-unsaturated/α-hetero) is 1. The SMILES string of the molecule is CCCCCCCCCCCCC(O)CCC1CC2C(=O)CC2C1O. The van der Waals surface area contributed by atoms with Crippen molar-refractivity contribution in [3.63, 3.8) is 0 Å². The molecule has 2 rings (SSSR count). The van der Waals surface area contributed by atoms with Crippen LogP contribution in [0.5, 0.6) is 0 Å². The number of aliphatic hydroxyl groups is 2. The van der Waals surface area contributed by atoms with Crippen molar-refractivity contribution in [2.24, 2.45) is 17.8 Å². The molecule has 3 nitrogen and oxygen atoms in total. The Morgan fingerprint density at radius 1 is 0.960 bits per heavy atom. The summed E-state index contributed by atoms with van der Waals surface area (Å²) >= 11 is 0. The van der Waals surface area contributed by atoms with Gasteiger partial charge in [-0.25, -0.2) is 0 Å². The van der Waals surface area contributed by atoms with Gasteiger partial charge in [-0.1, -0.05) is 71.1 Å². The van der Waals surface area contributed by atoms with Crippen molar-refractivity contribution >= 4 is 5.78 Å². The van der Waals surface area contributed by atoms with Crippen LogP contribution in [0, 0.1) is 17.8 Å². The van der Waals surface area contributed by atoms with Crippen molar-refractivity contribution in [2.75, 3.05) is 0 Å². The van der Waals surface area contributed by atoms with Crippen molar-refractivity contribution < 1.29 is 15.0 Å². The molecule has 0 aliphatic heterocycles. The fraction of sp³-hybridized carbons (Fsp3) is 0.955. The number of aliphatic hydroxyl groups excluding tert-OH is 2. The molecule has 0 saturated heterocycles. The van der Waals surface area contributed by atoms with E-state index in [1.165, 1.54) is 57.8 Å². The highest BCUT2D eigenvalue weighted by molar-refractivity contribution is 5.88. The topological polar surface area (TPSA) is 57.5 Å². The third-order valence-corrected chi connectivity index (χ3v) is 6.61. The average Bonchev–Trinajstić information content (AvgIpc) is 2.85. The van der Waals surface area contributed by atoms with E-state index >= 15 is 0 Å². The predicted octanol–water partition coefficient (Wildman–Crippen LogP) is 5.02. The highest BCUT2D eigenvalue weighted by Gasteiger charge is 2.52. The van der Waals surface area contributed by atoms with Crippen molar-refractivity contribution in [1.82, 2.24) is 0 Å². The summed E-state index contributed by atoms with van der Waals surface area (Å²) in [6.45, 7) is 2.26. The molecule has 146 valence electrons. The van der Waals surface area contributed by atoms with Gasteiger partial charge in [0, 0.05) is 18.3 Å². The van der Waals surface area contributed by atoms with Gasteiger partial charge < -0.3 is 10.2 Å². The van der Waals surface area contributed by atoms with Crippen molar-refractivity contribution in [3.8, 4) is 0 Å². The number of hydrogen-bond donors (Lipinski definition) is 2. The number of hydrogen-bond acceptors (Lipinski definition) is 3. The van der Waals surface area contributed by atoms with Gasteiger partial charge >= 0.3 is 0 Å². The van der Waals surface area contributed by atoms with Crippen molar-refractivity contribution in [3.05, 3.63) is 0 Å². The van der Waals surface area contributed by atoms with E-state index in [4.69, 9.17) is 0 Å². The third-order valence-electron chi connectivity index (χ3n) is 6.61. The van der Waals surface area contributed by atoms with Crippen LogP contribution in [0.15, 0.2) is 0 Å². The molecule has 0 bridgehead atoms. The monoisotopic (exact) mass is 352 g/mol. The molecule has 2 N–H and O–H groups in total. The molecule has 0 aromatic carbocycles. The molecule has 2 saturated carbocycles. The molecule has 2 fully saturated rings. The first-order valence-corrected chi connectivity index (χ1v) is 11.0. The van der Waals surface area contributed by atoms with Gasteiger partial charge in [0.1, 0.15) is 5.78 Å². The van der Waals surface area contributed by atoms with Crippen LogP contribution in [0.25, 0.3) is 0 Å². The number of carbonyl (C=O) groups is 1. The number of carbonyl (C=O) groups excluding carboxylic acids is 1. The molecule has 2 aliphatic carbocycles. The quantitative estimate of drug-likeness (QED) is 0.431. The number of ketones is 1. The summed E-state index contributed by atoms with van der Waals surface area (Å²) in [6.07, 6.45) is 16.7. The van der Waals surface area contributed by atoms with Crippen LogP contribution in [0.3, 0.4) is 0 Å². The molecule has 0 aromatic rings. The Morgan fingerprint density at radius 2 is 1.56 bits per heavy atom. The molecule has 5 unspecified atom stereocenters. The maximum absolute atomic E-state index is 11.5. The Balaban J connectivity index is 1.40. The summed E-state index contributed by atoms with van der Waals surface area (Å²) in [6, 6.07) is 0. The predicted molar refractivity (Wildman–Crippen MR) is 102 cm³/mol. The number of unbranched alkanes of at least 4 members (excludes halogenated alkanes) is 9. The summed E-state index contributed by atoms with van der Waals surface area (Å²) in [5, 5.41) is 20.4. The third kappa shape index (κ3) is 6.67. The standard InChI is InChI=1S/C22H40O3/c1-2-3-4-5-6-7-8-9-10-11-12-18(23)14-13-17-15-19-20(22(17)25)16-21(19)24/h17-20,22-23,25H,2-16H2,1H3.